The molecule has 2 rings (SSSR count). The molecule has 1 heterocycles. The normalized spacial score (nSPS) is 10.3. The number of ketones is 1. The number of esters is 1. The molecule has 4 nitrogen and oxygen atoms in total. The molecule has 0 atom stereocenters. The molecule has 1 aromatic carbocycles. The maximum Gasteiger partial charge on any atom is 0.313 e. The average molecular weight is 264 g/mol. The number of thiophene rings is 1. The molecule has 0 aliphatic rings. The minimum atomic E-state index is -0.518. The predicted molar refractivity (Wildman–Crippen MR) is 69.3 cm³/mol. The molecule has 5 heteroatoms. The lowest BCUT2D eigenvalue weighted by molar-refractivity contribution is -0.139. The van der Waals surface area contributed by atoms with Gasteiger partial charge in [0.05, 0.1) is 19.1 Å². The molecule has 0 aliphatic carbocycles. The quantitative estimate of drug-likeness (QED) is 0.484. The van der Waals surface area contributed by atoms with Gasteiger partial charge in [-0.3, -0.25) is 9.59 Å². The number of benzene rings is 1. The number of ether oxygens (including phenoxy) is 2. The molecule has 0 spiro atoms. The van der Waals surface area contributed by atoms with Crippen molar-refractivity contribution in [3.63, 3.8) is 0 Å². The van der Waals surface area contributed by atoms with E-state index in [0.29, 0.717) is 4.88 Å². The van der Waals surface area contributed by atoms with Crippen molar-refractivity contribution in [3.8, 4) is 5.75 Å². The van der Waals surface area contributed by atoms with Gasteiger partial charge in [-0.2, -0.15) is 0 Å². The number of methoxy groups -OCH3 is 2. The lowest BCUT2D eigenvalue weighted by Gasteiger charge is -1.97. The second-order valence-corrected chi connectivity index (χ2v) is 4.77. The Morgan fingerprint density at radius 3 is 2.67 bits per heavy atom. The van der Waals surface area contributed by atoms with Crippen LogP contribution in [-0.4, -0.2) is 26.0 Å². The van der Waals surface area contributed by atoms with Crippen LogP contribution in [0.2, 0.25) is 0 Å². The van der Waals surface area contributed by atoms with E-state index in [2.05, 4.69) is 4.74 Å². The number of carbonyl (C=O) groups excluding carboxylic acids is 2. The van der Waals surface area contributed by atoms with Crippen molar-refractivity contribution in [2.75, 3.05) is 14.2 Å². The molecule has 0 fully saturated rings. The summed E-state index contributed by atoms with van der Waals surface area (Å²) in [4.78, 5) is 23.4. The summed E-state index contributed by atoms with van der Waals surface area (Å²) >= 11 is 1.35. The number of hydrogen-bond acceptors (Lipinski definition) is 5. The van der Waals surface area contributed by atoms with Gasteiger partial charge < -0.3 is 9.47 Å². The summed E-state index contributed by atoms with van der Waals surface area (Å²) < 4.78 is 10.6. The number of carbonyl (C=O) groups is 2. The topological polar surface area (TPSA) is 52.6 Å². The van der Waals surface area contributed by atoms with Gasteiger partial charge in [0.2, 0.25) is 0 Å². The molecule has 0 saturated heterocycles. The fraction of sp³-hybridized carbons (Fsp3) is 0.231. The predicted octanol–water partition coefficient (Wildman–Crippen LogP) is 2.66. The largest absolute Gasteiger partial charge is 0.497 e. The zero-order valence-electron chi connectivity index (χ0n) is 10.1. The minimum absolute atomic E-state index is 0.220. The van der Waals surface area contributed by atoms with E-state index in [9.17, 15) is 9.59 Å². The summed E-state index contributed by atoms with van der Waals surface area (Å²) in [5, 5.41) is 0.967. The van der Waals surface area contributed by atoms with Gasteiger partial charge >= 0.3 is 5.97 Å². The van der Waals surface area contributed by atoms with Crippen molar-refractivity contribution in [2.45, 2.75) is 6.42 Å². The fourth-order valence-electron chi connectivity index (χ4n) is 1.57. The first-order chi connectivity index (χ1) is 8.63. The lowest BCUT2D eigenvalue weighted by Crippen LogP contribution is -2.07. The van der Waals surface area contributed by atoms with Crippen molar-refractivity contribution < 1.29 is 19.1 Å². The molecular weight excluding hydrogens is 252 g/mol. The molecule has 94 valence electrons. The Labute approximate surface area is 108 Å². The van der Waals surface area contributed by atoms with Crippen molar-refractivity contribution in [1.29, 1.82) is 0 Å². The van der Waals surface area contributed by atoms with Crippen LogP contribution in [0.3, 0.4) is 0 Å². The number of Topliss-reactive ketones (excluding diaryl/α,β-unsaturated/α-hetero) is 1. The molecule has 0 amide bonds. The number of hydrogen-bond donors (Lipinski definition) is 0. The van der Waals surface area contributed by atoms with Gasteiger partial charge in [0.25, 0.3) is 0 Å². The molecule has 0 N–H and O–H groups in total. The van der Waals surface area contributed by atoms with Crippen molar-refractivity contribution in [2.24, 2.45) is 0 Å². The molecule has 0 radical (unpaired) electrons. The Balaban J connectivity index is 2.29. The SMILES string of the molecule is COC(=O)CC(=O)c1cc2ccc(OC)cc2s1. The first-order valence-corrected chi connectivity index (χ1v) is 6.13. The van der Waals surface area contributed by atoms with Crippen LogP contribution in [0.25, 0.3) is 10.1 Å². The Bertz CT molecular complexity index is 600. The first kappa shape index (κ1) is 12.6. The van der Waals surface area contributed by atoms with Gasteiger partial charge in [-0.25, -0.2) is 0 Å². The highest BCUT2D eigenvalue weighted by Gasteiger charge is 2.15. The molecule has 0 unspecified atom stereocenters. The fourth-order valence-corrected chi connectivity index (χ4v) is 2.59. The molecule has 0 aliphatic heterocycles. The monoisotopic (exact) mass is 264 g/mol. The van der Waals surface area contributed by atoms with Crippen LogP contribution in [0, 0.1) is 0 Å². The first-order valence-electron chi connectivity index (χ1n) is 5.31. The molecule has 18 heavy (non-hydrogen) atoms. The number of fused-ring (bicyclic) bond motifs is 1. The second kappa shape index (κ2) is 5.18. The lowest BCUT2D eigenvalue weighted by atomic mass is 10.2. The standard InChI is InChI=1S/C13H12O4S/c1-16-9-4-3-8-5-12(18-11(8)6-9)10(14)7-13(15)17-2/h3-6H,7H2,1-2H3. The van der Waals surface area contributed by atoms with Crippen LogP contribution >= 0.6 is 11.3 Å². The smallest absolute Gasteiger partial charge is 0.313 e. The summed E-state index contributed by atoms with van der Waals surface area (Å²) in [6, 6.07) is 7.38. The van der Waals surface area contributed by atoms with Gasteiger partial charge in [-0.05, 0) is 29.7 Å². The van der Waals surface area contributed by atoms with E-state index in [4.69, 9.17) is 4.74 Å². The van der Waals surface area contributed by atoms with Crippen LogP contribution in [0.5, 0.6) is 5.75 Å². The Morgan fingerprint density at radius 1 is 1.22 bits per heavy atom. The van der Waals surface area contributed by atoms with Gasteiger partial charge in [0, 0.05) is 4.70 Å². The van der Waals surface area contributed by atoms with Crippen LogP contribution in [0.1, 0.15) is 16.1 Å². The maximum atomic E-state index is 11.8. The summed E-state index contributed by atoms with van der Waals surface area (Å²) in [5.74, 6) is 0.00775. The second-order valence-electron chi connectivity index (χ2n) is 3.69. The van der Waals surface area contributed by atoms with Crippen LogP contribution in [0.4, 0.5) is 0 Å². The molecular formula is C13H12O4S. The van der Waals surface area contributed by atoms with Gasteiger partial charge in [0.1, 0.15) is 12.2 Å². The van der Waals surface area contributed by atoms with Crippen molar-refractivity contribution >= 4 is 33.2 Å². The average Bonchev–Trinajstić information content (AvgIpc) is 2.81. The van der Waals surface area contributed by atoms with Crippen LogP contribution in [0.15, 0.2) is 24.3 Å². The van der Waals surface area contributed by atoms with E-state index < -0.39 is 5.97 Å². The van der Waals surface area contributed by atoms with Crippen molar-refractivity contribution in [3.05, 3.63) is 29.1 Å². The molecule has 0 bridgehead atoms. The zero-order valence-corrected chi connectivity index (χ0v) is 10.9. The summed E-state index contributed by atoms with van der Waals surface area (Å²) in [6.45, 7) is 0. The molecule has 0 saturated carbocycles. The highest BCUT2D eigenvalue weighted by molar-refractivity contribution is 7.20. The highest BCUT2D eigenvalue weighted by Crippen LogP contribution is 2.29. The molecule has 2 aromatic rings. The van der Waals surface area contributed by atoms with Gasteiger partial charge in [-0.15, -0.1) is 11.3 Å². The van der Waals surface area contributed by atoms with Crippen LogP contribution < -0.4 is 4.74 Å². The van der Waals surface area contributed by atoms with Crippen LogP contribution in [-0.2, 0) is 9.53 Å². The minimum Gasteiger partial charge on any atom is -0.497 e. The highest BCUT2D eigenvalue weighted by atomic mass is 32.1. The summed E-state index contributed by atoms with van der Waals surface area (Å²) in [6.07, 6.45) is -0.222. The Morgan fingerprint density at radius 2 is 2.00 bits per heavy atom. The van der Waals surface area contributed by atoms with E-state index >= 15 is 0 Å². The maximum absolute atomic E-state index is 11.8. The third-order valence-corrected chi connectivity index (χ3v) is 3.67. The van der Waals surface area contributed by atoms with E-state index in [1.807, 2.05) is 18.2 Å². The molecule has 1 aromatic heterocycles. The van der Waals surface area contributed by atoms with E-state index in [-0.39, 0.29) is 12.2 Å². The summed E-state index contributed by atoms with van der Waals surface area (Å²) in [7, 11) is 2.86. The van der Waals surface area contributed by atoms with E-state index in [1.54, 1.807) is 13.2 Å². The number of rotatable bonds is 4. The Hall–Kier alpha value is -1.88. The Kier molecular flexibility index (Phi) is 3.62. The van der Waals surface area contributed by atoms with Crippen molar-refractivity contribution in [1.82, 2.24) is 0 Å². The third-order valence-electron chi connectivity index (χ3n) is 2.53. The van der Waals surface area contributed by atoms with Gasteiger partial charge in [0.15, 0.2) is 5.78 Å². The van der Waals surface area contributed by atoms with E-state index in [0.717, 1.165) is 15.8 Å². The summed E-state index contributed by atoms with van der Waals surface area (Å²) in [5.41, 5.74) is 0. The van der Waals surface area contributed by atoms with E-state index in [1.165, 1.54) is 18.4 Å². The third kappa shape index (κ3) is 2.51. The zero-order chi connectivity index (χ0) is 13.1. The van der Waals surface area contributed by atoms with Gasteiger partial charge in [-0.1, -0.05) is 0 Å².